The molecule has 0 fully saturated rings. The average molecular weight is 250 g/mol. The van der Waals surface area contributed by atoms with Crippen molar-refractivity contribution in [2.75, 3.05) is 13.1 Å². The molecule has 3 nitrogen and oxygen atoms in total. The Bertz CT molecular complexity index is 324. The van der Waals surface area contributed by atoms with E-state index in [2.05, 4.69) is 10.3 Å². The summed E-state index contributed by atoms with van der Waals surface area (Å²) in [7, 11) is 0. The Balaban J connectivity index is 2.73. The minimum absolute atomic E-state index is 0.0915. The van der Waals surface area contributed by atoms with Gasteiger partial charge in [0.15, 0.2) is 0 Å². The summed E-state index contributed by atoms with van der Waals surface area (Å²) in [5, 5.41) is 2.92. The Labute approximate surface area is 98.1 Å². The highest BCUT2D eigenvalue weighted by Crippen LogP contribution is 2.22. The number of nitrogens with zero attached hydrogens (tertiary/aromatic N) is 1. The van der Waals surface area contributed by atoms with Crippen LogP contribution in [0.3, 0.4) is 0 Å². The molecule has 0 spiro atoms. The Morgan fingerprint density at radius 2 is 2.19 bits per heavy atom. The van der Waals surface area contributed by atoms with E-state index in [9.17, 15) is 8.78 Å². The molecular formula is C10H14ClF2N3. The van der Waals surface area contributed by atoms with Crippen LogP contribution in [0.15, 0.2) is 28.0 Å². The molecule has 0 atom stereocenters. The molecule has 0 saturated heterocycles. The van der Waals surface area contributed by atoms with Crippen LogP contribution in [-0.2, 0) is 0 Å². The fraction of sp³-hybridized carbons (Fsp3) is 0.500. The van der Waals surface area contributed by atoms with Gasteiger partial charge in [0.2, 0.25) is 0 Å². The van der Waals surface area contributed by atoms with Crippen LogP contribution >= 0.6 is 11.6 Å². The van der Waals surface area contributed by atoms with E-state index in [0.717, 1.165) is 0 Å². The molecule has 6 heteroatoms. The summed E-state index contributed by atoms with van der Waals surface area (Å²) in [6.07, 6.45) is 3.86. The minimum Gasteiger partial charge on any atom is -0.399 e. The zero-order valence-electron chi connectivity index (χ0n) is 8.72. The van der Waals surface area contributed by atoms with E-state index >= 15 is 0 Å². The monoisotopic (exact) mass is 249 g/mol. The molecule has 0 saturated carbocycles. The second-order valence-electron chi connectivity index (χ2n) is 3.50. The molecule has 16 heavy (non-hydrogen) atoms. The summed E-state index contributed by atoms with van der Waals surface area (Å²) in [6, 6.07) is 0. The third-order valence-corrected chi connectivity index (χ3v) is 2.30. The number of alkyl halides is 2. The first kappa shape index (κ1) is 13.0. The number of rotatable bonds is 0. The van der Waals surface area contributed by atoms with Crippen LogP contribution in [0, 0.1) is 0 Å². The Morgan fingerprint density at radius 3 is 2.94 bits per heavy atom. The third kappa shape index (κ3) is 5.11. The molecule has 1 aliphatic heterocycles. The average Bonchev–Trinajstić information content (AvgIpc) is 2.14. The first-order valence-corrected chi connectivity index (χ1v) is 5.32. The molecular weight excluding hydrogens is 236 g/mol. The highest BCUT2D eigenvalue weighted by Gasteiger charge is 2.27. The highest BCUT2D eigenvalue weighted by atomic mass is 35.5. The number of aliphatic imine (C=N–C) groups is 1. The zero-order chi connectivity index (χ0) is 12.0. The van der Waals surface area contributed by atoms with Gasteiger partial charge in [0.05, 0.1) is 0 Å². The van der Waals surface area contributed by atoms with Crippen molar-refractivity contribution in [2.45, 2.75) is 18.8 Å². The fourth-order valence-corrected chi connectivity index (χ4v) is 1.40. The number of hydrogen-bond donors (Lipinski definition) is 2. The molecule has 3 N–H and O–H groups in total. The van der Waals surface area contributed by atoms with E-state index in [1.54, 1.807) is 0 Å². The van der Waals surface area contributed by atoms with Gasteiger partial charge in [-0.1, -0.05) is 11.6 Å². The second kappa shape index (κ2) is 5.84. The van der Waals surface area contributed by atoms with Crippen LogP contribution in [-0.4, -0.2) is 25.2 Å². The van der Waals surface area contributed by atoms with Gasteiger partial charge in [-0.2, -0.15) is 0 Å². The number of nitrogens with two attached hydrogens (primary N) is 1. The first-order chi connectivity index (χ1) is 7.49. The molecule has 0 unspecified atom stereocenters. The molecule has 0 bridgehead atoms. The second-order valence-corrected chi connectivity index (χ2v) is 3.90. The van der Waals surface area contributed by atoms with Gasteiger partial charge in [0.1, 0.15) is 5.16 Å². The van der Waals surface area contributed by atoms with Gasteiger partial charge < -0.3 is 11.1 Å². The number of halogens is 3. The smallest absolute Gasteiger partial charge is 0.251 e. The Morgan fingerprint density at radius 1 is 1.44 bits per heavy atom. The number of nitrogens with one attached hydrogen (secondary N) is 1. The van der Waals surface area contributed by atoms with E-state index in [4.69, 9.17) is 17.3 Å². The lowest BCUT2D eigenvalue weighted by molar-refractivity contribution is -0.0122. The molecule has 0 radical (unpaired) electrons. The molecule has 0 aliphatic carbocycles. The topological polar surface area (TPSA) is 50.4 Å². The van der Waals surface area contributed by atoms with Gasteiger partial charge in [0.25, 0.3) is 5.92 Å². The summed E-state index contributed by atoms with van der Waals surface area (Å²) in [5.74, 6) is -2.71. The number of allylic oxidation sites excluding steroid dienone is 2. The van der Waals surface area contributed by atoms with Crippen molar-refractivity contribution >= 4 is 17.8 Å². The lowest BCUT2D eigenvalue weighted by Gasteiger charge is -2.15. The Hall–Kier alpha value is -1.10. The molecule has 0 amide bonds. The van der Waals surface area contributed by atoms with Crippen LogP contribution in [0.4, 0.5) is 8.78 Å². The quantitative estimate of drug-likeness (QED) is 0.645. The predicted octanol–water partition coefficient (Wildman–Crippen LogP) is 2.00. The summed E-state index contributed by atoms with van der Waals surface area (Å²) in [4.78, 5) is 3.82. The first-order valence-electron chi connectivity index (χ1n) is 4.94. The van der Waals surface area contributed by atoms with Crippen LogP contribution in [0.1, 0.15) is 12.8 Å². The molecule has 0 aromatic heterocycles. The summed E-state index contributed by atoms with van der Waals surface area (Å²) < 4.78 is 26.4. The van der Waals surface area contributed by atoms with Crippen molar-refractivity contribution in [3.8, 4) is 0 Å². The molecule has 0 aromatic carbocycles. The largest absolute Gasteiger partial charge is 0.399 e. The lowest BCUT2D eigenvalue weighted by atomic mass is 10.1. The van der Waals surface area contributed by atoms with Crippen LogP contribution in [0.25, 0.3) is 0 Å². The van der Waals surface area contributed by atoms with Gasteiger partial charge >= 0.3 is 0 Å². The summed E-state index contributed by atoms with van der Waals surface area (Å²) in [6.45, 7) is 0.202. The molecule has 1 rings (SSSR count). The normalized spacial score (nSPS) is 22.2. The van der Waals surface area contributed by atoms with Crippen LogP contribution in [0.5, 0.6) is 0 Å². The molecule has 0 aromatic rings. The Kier molecular flexibility index (Phi) is 4.73. The third-order valence-electron chi connectivity index (χ3n) is 2.06. The lowest BCUT2D eigenvalue weighted by Crippen LogP contribution is -2.25. The van der Waals surface area contributed by atoms with Crippen molar-refractivity contribution in [1.82, 2.24) is 5.32 Å². The van der Waals surface area contributed by atoms with E-state index in [0.29, 0.717) is 5.70 Å². The van der Waals surface area contributed by atoms with Crippen molar-refractivity contribution in [1.29, 1.82) is 0 Å². The minimum atomic E-state index is -2.71. The van der Waals surface area contributed by atoms with Crippen LogP contribution in [0.2, 0.25) is 0 Å². The molecule has 90 valence electrons. The molecule has 1 heterocycles. The van der Waals surface area contributed by atoms with Crippen molar-refractivity contribution in [2.24, 2.45) is 10.7 Å². The summed E-state index contributed by atoms with van der Waals surface area (Å²) >= 11 is 5.74. The zero-order valence-corrected chi connectivity index (χ0v) is 9.47. The standard InChI is InChI=1S/C10H14ClF2N3/c11-9-7-8(14)1-4-15-5-2-10(12,13)3-6-16-9/h1,4,7,16H,2-3,5-6,14H2. The van der Waals surface area contributed by atoms with Crippen molar-refractivity contribution in [3.05, 3.63) is 23.0 Å². The van der Waals surface area contributed by atoms with Crippen molar-refractivity contribution in [3.63, 3.8) is 0 Å². The van der Waals surface area contributed by atoms with Gasteiger partial charge in [-0.15, -0.1) is 0 Å². The van der Waals surface area contributed by atoms with Crippen LogP contribution < -0.4 is 11.1 Å². The van der Waals surface area contributed by atoms with Gasteiger partial charge in [-0.05, 0) is 12.2 Å². The highest BCUT2D eigenvalue weighted by molar-refractivity contribution is 6.29. The van der Waals surface area contributed by atoms with Gasteiger partial charge in [-0.25, -0.2) is 8.78 Å². The van der Waals surface area contributed by atoms with Crippen molar-refractivity contribution < 1.29 is 8.78 Å². The fourth-order valence-electron chi connectivity index (χ4n) is 1.18. The van der Waals surface area contributed by atoms with E-state index in [-0.39, 0.29) is 31.1 Å². The van der Waals surface area contributed by atoms with E-state index in [1.165, 1.54) is 18.4 Å². The van der Waals surface area contributed by atoms with Gasteiger partial charge in [-0.3, -0.25) is 4.99 Å². The van der Waals surface area contributed by atoms with Gasteiger partial charge in [0, 0.05) is 37.8 Å². The van der Waals surface area contributed by atoms with E-state index < -0.39 is 5.92 Å². The van der Waals surface area contributed by atoms with E-state index in [1.807, 2.05) is 0 Å². The molecule has 1 aliphatic rings. The maximum Gasteiger partial charge on any atom is 0.251 e. The maximum absolute atomic E-state index is 13.2. The predicted molar refractivity (Wildman–Crippen MR) is 61.7 cm³/mol. The number of hydrogen-bond acceptors (Lipinski definition) is 3. The summed E-state index contributed by atoms with van der Waals surface area (Å²) in [5.41, 5.74) is 6.00. The SMILES string of the molecule is NC1=CC=NCCC(F)(F)CCNC(Cl)=C1. The maximum atomic E-state index is 13.2.